The molecule has 2 aliphatic carbocycles. The van der Waals surface area contributed by atoms with Crippen LogP contribution in [-0.4, -0.2) is 23.8 Å². The van der Waals surface area contributed by atoms with Crippen molar-refractivity contribution in [3.63, 3.8) is 0 Å². The highest BCUT2D eigenvalue weighted by Gasteiger charge is 2.45. The minimum atomic E-state index is -1.91. The maximum Gasteiger partial charge on any atom is 0.513 e. The average Bonchev–Trinajstić information content (AvgIpc) is 3.06. The molecule has 4 nitrogen and oxygen atoms in total. The first-order valence-electron chi connectivity index (χ1n) is 8.40. The first-order valence-corrected chi connectivity index (χ1v) is 9.76. The quantitative estimate of drug-likeness (QED) is 0.515. The molecule has 5 heteroatoms. The average molecular weight is 327 g/mol. The van der Waals surface area contributed by atoms with Gasteiger partial charge in [-0.05, 0) is 47.5 Å². The molecule has 2 aliphatic rings. The Morgan fingerprint density at radius 3 is 2.50 bits per heavy atom. The molecule has 0 aromatic rings. The topological polar surface area (TPSA) is 63.6 Å². The summed E-state index contributed by atoms with van der Waals surface area (Å²) >= 11 is 0. The molecule has 0 aromatic heterocycles. The molecule has 0 saturated heterocycles. The van der Waals surface area contributed by atoms with E-state index in [9.17, 15) is 14.5 Å². The fourth-order valence-corrected chi connectivity index (χ4v) is 4.25. The summed E-state index contributed by atoms with van der Waals surface area (Å²) in [5, 5.41) is 9.29. The fourth-order valence-electron chi connectivity index (χ4n) is 3.33. The van der Waals surface area contributed by atoms with Crippen LogP contribution in [0.25, 0.3) is 0 Å². The summed E-state index contributed by atoms with van der Waals surface area (Å²) in [5.74, 6) is 0.0315. The summed E-state index contributed by atoms with van der Waals surface area (Å²) < 4.78 is 17.3. The van der Waals surface area contributed by atoms with Crippen LogP contribution in [0.1, 0.15) is 58.8 Å². The molecule has 2 fully saturated rings. The van der Waals surface area contributed by atoms with Crippen LogP contribution in [0.2, 0.25) is 0 Å². The second kappa shape index (κ2) is 7.70. The Morgan fingerprint density at radius 1 is 1.32 bits per heavy atom. The standard InChI is InChI=1S/C17H27O4P/c1-17(2)11-15(17)8-9-21-22(20)12-14(16(18)19)10-13-6-4-3-5-7-13/h10,13,15H,3-9,11-12H2,1-2H3/p+1. The van der Waals surface area contributed by atoms with Crippen LogP contribution in [-0.2, 0) is 13.9 Å². The molecule has 2 saturated carbocycles. The molecule has 0 heterocycles. The van der Waals surface area contributed by atoms with E-state index in [0.29, 0.717) is 23.9 Å². The van der Waals surface area contributed by atoms with Gasteiger partial charge in [0, 0.05) is 0 Å². The summed E-state index contributed by atoms with van der Waals surface area (Å²) in [4.78, 5) is 11.3. The Morgan fingerprint density at radius 2 is 1.95 bits per heavy atom. The Bertz CT molecular complexity index is 450. The summed E-state index contributed by atoms with van der Waals surface area (Å²) in [5.41, 5.74) is 0.669. The van der Waals surface area contributed by atoms with Crippen molar-refractivity contribution in [1.82, 2.24) is 0 Å². The van der Waals surface area contributed by atoms with Gasteiger partial charge in [-0.3, -0.25) is 0 Å². The van der Waals surface area contributed by atoms with Gasteiger partial charge in [-0.1, -0.05) is 39.2 Å². The number of aliphatic carboxylic acids is 1. The second-order valence-corrected chi connectivity index (χ2v) is 8.64. The maximum absolute atomic E-state index is 12.0. The van der Waals surface area contributed by atoms with E-state index in [-0.39, 0.29) is 11.7 Å². The van der Waals surface area contributed by atoms with Gasteiger partial charge in [0.05, 0.1) is 5.57 Å². The molecule has 0 bridgehead atoms. The van der Waals surface area contributed by atoms with Crippen molar-refractivity contribution >= 4 is 14.0 Å². The van der Waals surface area contributed by atoms with Crippen molar-refractivity contribution < 1.29 is 19.0 Å². The highest BCUT2D eigenvalue weighted by molar-refractivity contribution is 7.39. The van der Waals surface area contributed by atoms with Crippen LogP contribution >= 0.6 is 8.03 Å². The lowest BCUT2D eigenvalue weighted by molar-refractivity contribution is -0.132. The molecule has 0 radical (unpaired) electrons. The molecular weight excluding hydrogens is 299 g/mol. The summed E-state index contributed by atoms with van der Waals surface area (Å²) in [7, 11) is -1.91. The molecule has 0 spiro atoms. The summed E-state index contributed by atoms with van der Waals surface area (Å²) in [6.07, 6.45) is 9.63. The third-order valence-electron chi connectivity index (χ3n) is 5.08. The van der Waals surface area contributed by atoms with E-state index in [1.165, 1.54) is 12.8 Å². The molecule has 2 unspecified atom stereocenters. The van der Waals surface area contributed by atoms with Gasteiger partial charge in [0.25, 0.3) is 0 Å². The van der Waals surface area contributed by atoms with Crippen molar-refractivity contribution in [2.75, 3.05) is 12.8 Å². The lowest BCUT2D eigenvalue weighted by atomic mass is 9.88. The van der Waals surface area contributed by atoms with Crippen molar-refractivity contribution in [2.45, 2.75) is 58.8 Å². The number of hydrogen-bond donors (Lipinski definition) is 1. The van der Waals surface area contributed by atoms with E-state index in [1.807, 2.05) is 6.08 Å². The van der Waals surface area contributed by atoms with Gasteiger partial charge in [0.1, 0.15) is 6.61 Å². The number of carboxylic acid groups (broad SMARTS) is 1. The molecule has 0 amide bonds. The SMILES string of the molecule is CC1(C)CC1CCO[P+](=O)CC(=CC1CCCCC1)C(=O)O. The zero-order chi connectivity index (χ0) is 16.2. The molecule has 1 N–H and O–H groups in total. The first kappa shape index (κ1) is 17.6. The highest BCUT2D eigenvalue weighted by Crippen LogP contribution is 2.53. The molecular formula is C17H28O4P+. The van der Waals surface area contributed by atoms with E-state index in [1.54, 1.807) is 0 Å². The smallest absolute Gasteiger partial charge is 0.478 e. The van der Waals surface area contributed by atoms with Crippen LogP contribution < -0.4 is 0 Å². The zero-order valence-corrected chi connectivity index (χ0v) is 14.6. The highest BCUT2D eigenvalue weighted by atomic mass is 31.1. The maximum atomic E-state index is 12.0. The van der Waals surface area contributed by atoms with Crippen molar-refractivity contribution in [3.05, 3.63) is 11.6 Å². The summed E-state index contributed by atoms with van der Waals surface area (Å²) in [6, 6.07) is 0. The van der Waals surface area contributed by atoms with Crippen LogP contribution in [0.15, 0.2) is 11.6 Å². The number of carbonyl (C=O) groups is 1. The van der Waals surface area contributed by atoms with Gasteiger partial charge in [0.15, 0.2) is 0 Å². The molecule has 2 atom stereocenters. The lowest BCUT2D eigenvalue weighted by Gasteiger charge is -2.18. The third-order valence-corrected chi connectivity index (χ3v) is 6.15. The van der Waals surface area contributed by atoms with E-state index >= 15 is 0 Å². The van der Waals surface area contributed by atoms with Gasteiger partial charge >= 0.3 is 14.0 Å². The number of hydrogen-bond acceptors (Lipinski definition) is 3. The van der Waals surface area contributed by atoms with Crippen LogP contribution in [0, 0.1) is 17.3 Å². The third kappa shape index (κ3) is 5.48. The van der Waals surface area contributed by atoms with Crippen molar-refractivity contribution in [2.24, 2.45) is 17.3 Å². The second-order valence-electron chi connectivity index (χ2n) is 7.40. The number of carboxylic acids is 1. The van der Waals surface area contributed by atoms with E-state index in [0.717, 1.165) is 32.1 Å². The number of rotatable bonds is 8. The largest absolute Gasteiger partial charge is 0.513 e. The normalized spacial score (nSPS) is 25.8. The van der Waals surface area contributed by atoms with Gasteiger partial charge in [0.2, 0.25) is 6.16 Å². The minimum Gasteiger partial charge on any atom is -0.478 e. The van der Waals surface area contributed by atoms with Gasteiger partial charge in [-0.15, -0.1) is 4.52 Å². The van der Waals surface area contributed by atoms with E-state index < -0.39 is 14.0 Å². The summed E-state index contributed by atoms with van der Waals surface area (Å²) in [6.45, 7) is 4.93. The Balaban J connectivity index is 1.76. The fraction of sp³-hybridized carbons (Fsp3) is 0.824. The van der Waals surface area contributed by atoms with Crippen LogP contribution in [0.4, 0.5) is 0 Å². The van der Waals surface area contributed by atoms with Gasteiger partial charge < -0.3 is 5.11 Å². The Labute approximate surface area is 134 Å². The Kier molecular flexibility index (Phi) is 6.17. The van der Waals surface area contributed by atoms with E-state index in [2.05, 4.69) is 13.8 Å². The Hall–Kier alpha value is -0.730. The first-order chi connectivity index (χ1) is 10.4. The molecule has 124 valence electrons. The minimum absolute atomic E-state index is 0.0369. The molecule has 22 heavy (non-hydrogen) atoms. The van der Waals surface area contributed by atoms with E-state index in [4.69, 9.17) is 4.52 Å². The molecule has 0 aliphatic heterocycles. The van der Waals surface area contributed by atoms with Crippen molar-refractivity contribution in [3.8, 4) is 0 Å². The zero-order valence-electron chi connectivity index (χ0n) is 13.7. The monoisotopic (exact) mass is 327 g/mol. The van der Waals surface area contributed by atoms with Crippen LogP contribution in [0.3, 0.4) is 0 Å². The predicted octanol–water partition coefficient (Wildman–Crippen LogP) is 4.77. The predicted molar refractivity (Wildman–Crippen MR) is 87.2 cm³/mol. The molecule has 0 aromatic carbocycles. The number of allylic oxidation sites excluding steroid dienone is 1. The molecule has 2 rings (SSSR count). The van der Waals surface area contributed by atoms with Crippen molar-refractivity contribution in [1.29, 1.82) is 0 Å². The lowest BCUT2D eigenvalue weighted by Crippen LogP contribution is -2.10. The van der Waals surface area contributed by atoms with Gasteiger partial charge in [-0.2, -0.15) is 0 Å². The van der Waals surface area contributed by atoms with Crippen LogP contribution in [0.5, 0.6) is 0 Å². The van der Waals surface area contributed by atoms with Gasteiger partial charge in [-0.25, -0.2) is 4.79 Å².